The SMILES string of the molecule is CCCCCCCC/C=C/CCCCCCCC(=O)NC[C@@H](C)OC(=O)[C@@H](CC(=O)O)S(=O)(=O)O. The van der Waals surface area contributed by atoms with Crippen molar-refractivity contribution < 1.29 is 37.2 Å². The predicted octanol–water partition coefficient (Wildman–Crippen LogP) is 4.80. The predicted molar refractivity (Wildman–Crippen MR) is 136 cm³/mol. The molecule has 10 heteroatoms. The van der Waals surface area contributed by atoms with Crippen LogP contribution in [0.5, 0.6) is 0 Å². The van der Waals surface area contributed by atoms with Crippen molar-refractivity contribution in [3.8, 4) is 0 Å². The molecule has 9 nitrogen and oxygen atoms in total. The topological polar surface area (TPSA) is 147 Å². The highest BCUT2D eigenvalue weighted by atomic mass is 32.2. The quantitative estimate of drug-likeness (QED) is 0.0799. The Bertz CT molecular complexity index is 736. The van der Waals surface area contributed by atoms with E-state index >= 15 is 0 Å². The van der Waals surface area contributed by atoms with Gasteiger partial charge >= 0.3 is 11.9 Å². The van der Waals surface area contributed by atoms with Gasteiger partial charge in [0.2, 0.25) is 5.91 Å². The standard InChI is InChI=1S/C25H45NO8S/c1-3-4-5-6-7-8-9-10-11-12-13-14-15-16-17-18-23(27)26-20-21(2)34-25(30)22(19-24(28)29)35(31,32)33/h10-11,21-22H,3-9,12-20H2,1-2H3,(H,26,27)(H,28,29)(H,31,32,33)/b11-10+/t21-,22-/m1/s1. The number of esters is 1. The van der Waals surface area contributed by atoms with E-state index < -0.39 is 39.8 Å². The molecule has 0 radical (unpaired) electrons. The molecule has 0 unspecified atom stereocenters. The summed E-state index contributed by atoms with van der Waals surface area (Å²) >= 11 is 0. The van der Waals surface area contributed by atoms with Gasteiger partial charge in [0.1, 0.15) is 6.10 Å². The van der Waals surface area contributed by atoms with Gasteiger partial charge in [0, 0.05) is 6.42 Å². The number of carbonyl (C=O) groups excluding carboxylic acids is 2. The Balaban J connectivity index is 3.80. The molecule has 0 spiro atoms. The second-order valence-corrected chi connectivity index (χ2v) is 10.6. The van der Waals surface area contributed by atoms with Crippen molar-refractivity contribution in [1.29, 1.82) is 0 Å². The Labute approximate surface area is 210 Å². The monoisotopic (exact) mass is 519 g/mol. The fourth-order valence-electron chi connectivity index (χ4n) is 3.49. The number of nitrogens with one attached hydrogen (secondary N) is 1. The molecule has 0 aliphatic rings. The van der Waals surface area contributed by atoms with E-state index in [-0.39, 0.29) is 12.5 Å². The van der Waals surface area contributed by atoms with Crippen LogP contribution >= 0.6 is 0 Å². The third-order valence-electron chi connectivity index (χ3n) is 5.55. The Morgan fingerprint density at radius 3 is 1.91 bits per heavy atom. The Morgan fingerprint density at radius 2 is 1.40 bits per heavy atom. The number of hydrogen-bond donors (Lipinski definition) is 3. The van der Waals surface area contributed by atoms with E-state index in [9.17, 15) is 22.8 Å². The molecule has 3 N–H and O–H groups in total. The molecule has 0 aliphatic heterocycles. The van der Waals surface area contributed by atoms with Gasteiger partial charge in [0.15, 0.2) is 5.25 Å². The molecule has 0 aromatic carbocycles. The molecule has 0 aromatic rings. The van der Waals surface area contributed by atoms with Crippen LogP contribution < -0.4 is 5.32 Å². The lowest BCUT2D eigenvalue weighted by atomic mass is 10.1. The van der Waals surface area contributed by atoms with Gasteiger partial charge < -0.3 is 15.2 Å². The first-order chi connectivity index (χ1) is 16.6. The Morgan fingerprint density at radius 1 is 0.886 bits per heavy atom. The number of carboxylic acid groups (broad SMARTS) is 1. The number of ether oxygens (including phenoxy) is 1. The fraction of sp³-hybridized carbons (Fsp3) is 0.800. The number of hydrogen-bond acceptors (Lipinski definition) is 6. The zero-order valence-corrected chi connectivity index (χ0v) is 22.2. The lowest BCUT2D eigenvalue weighted by Crippen LogP contribution is -2.39. The second-order valence-electron chi connectivity index (χ2n) is 8.99. The summed E-state index contributed by atoms with van der Waals surface area (Å²) in [5.74, 6) is -3.14. The van der Waals surface area contributed by atoms with Crippen LogP contribution in [-0.4, -0.2) is 53.8 Å². The number of rotatable bonds is 22. The van der Waals surface area contributed by atoms with E-state index in [4.69, 9.17) is 14.4 Å². The molecule has 0 aromatic heterocycles. The van der Waals surface area contributed by atoms with Gasteiger partial charge in [-0.3, -0.25) is 18.9 Å². The largest absolute Gasteiger partial charge is 0.481 e. The maximum absolute atomic E-state index is 11.9. The molecule has 0 bridgehead atoms. The van der Waals surface area contributed by atoms with Crippen molar-refractivity contribution in [3.63, 3.8) is 0 Å². The highest BCUT2D eigenvalue weighted by Crippen LogP contribution is 2.11. The molecular weight excluding hydrogens is 474 g/mol. The smallest absolute Gasteiger partial charge is 0.327 e. The first-order valence-electron chi connectivity index (χ1n) is 12.9. The summed E-state index contributed by atoms with van der Waals surface area (Å²) < 4.78 is 36.3. The van der Waals surface area contributed by atoms with Gasteiger partial charge in [-0.1, -0.05) is 70.4 Å². The first-order valence-corrected chi connectivity index (χ1v) is 14.4. The van der Waals surface area contributed by atoms with Crippen LogP contribution in [0.25, 0.3) is 0 Å². The van der Waals surface area contributed by atoms with E-state index in [1.54, 1.807) is 0 Å². The zero-order valence-electron chi connectivity index (χ0n) is 21.4. The summed E-state index contributed by atoms with van der Waals surface area (Å²) in [6.45, 7) is 3.62. The molecule has 0 saturated heterocycles. The van der Waals surface area contributed by atoms with E-state index in [1.807, 2.05) is 0 Å². The van der Waals surface area contributed by atoms with Crippen molar-refractivity contribution in [2.24, 2.45) is 0 Å². The number of amides is 1. The Kier molecular flexibility index (Phi) is 19.1. The molecule has 204 valence electrons. The molecular formula is C25H45NO8S. The average Bonchev–Trinajstić information content (AvgIpc) is 2.77. The minimum absolute atomic E-state index is 0.0408. The molecule has 0 saturated carbocycles. The van der Waals surface area contributed by atoms with Crippen LogP contribution in [0.15, 0.2) is 12.2 Å². The zero-order chi connectivity index (χ0) is 26.5. The maximum Gasteiger partial charge on any atom is 0.327 e. The van der Waals surface area contributed by atoms with E-state index in [2.05, 4.69) is 24.4 Å². The lowest BCUT2D eigenvalue weighted by molar-refractivity contribution is -0.151. The van der Waals surface area contributed by atoms with Gasteiger partial charge in [0.25, 0.3) is 10.1 Å². The number of carbonyl (C=O) groups is 3. The summed E-state index contributed by atoms with van der Waals surface area (Å²) in [7, 11) is -4.92. The summed E-state index contributed by atoms with van der Waals surface area (Å²) in [4.78, 5) is 34.5. The van der Waals surface area contributed by atoms with Crippen LogP contribution in [0.1, 0.15) is 110 Å². The van der Waals surface area contributed by atoms with Gasteiger partial charge in [-0.25, -0.2) is 0 Å². The van der Waals surface area contributed by atoms with E-state index in [1.165, 1.54) is 51.9 Å². The van der Waals surface area contributed by atoms with Crippen LogP contribution in [0.3, 0.4) is 0 Å². The average molecular weight is 520 g/mol. The first kappa shape index (κ1) is 33.1. The van der Waals surface area contributed by atoms with Crippen LogP contribution in [0, 0.1) is 0 Å². The maximum atomic E-state index is 11.9. The summed E-state index contributed by atoms with van der Waals surface area (Å²) in [6.07, 6.45) is 18.1. The fourth-order valence-corrected chi connectivity index (χ4v) is 4.14. The summed E-state index contributed by atoms with van der Waals surface area (Å²) in [5.41, 5.74) is 0. The highest BCUT2D eigenvalue weighted by Gasteiger charge is 2.35. The third-order valence-corrected chi connectivity index (χ3v) is 6.63. The lowest BCUT2D eigenvalue weighted by Gasteiger charge is -2.17. The summed E-state index contributed by atoms with van der Waals surface area (Å²) in [5, 5.41) is 9.10. The van der Waals surface area contributed by atoms with Crippen molar-refractivity contribution in [2.45, 2.75) is 122 Å². The molecule has 0 heterocycles. The molecule has 0 rings (SSSR count). The molecule has 2 atom stereocenters. The molecule has 0 aliphatic carbocycles. The van der Waals surface area contributed by atoms with E-state index in [0.29, 0.717) is 6.42 Å². The van der Waals surface area contributed by atoms with Crippen molar-refractivity contribution in [3.05, 3.63) is 12.2 Å². The molecule has 35 heavy (non-hydrogen) atoms. The number of unbranched alkanes of at least 4 members (excludes halogenated alkanes) is 11. The number of aliphatic carboxylic acids is 1. The number of allylic oxidation sites excluding steroid dienone is 2. The normalized spacial score (nSPS) is 13.5. The van der Waals surface area contributed by atoms with Crippen LogP contribution in [0.2, 0.25) is 0 Å². The van der Waals surface area contributed by atoms with Crippen molar-refractivity contribution in [2.75, 3.05) is 6.54 Å². The summed E-state index contributed by atoms with van der Waals surface area (Å²) in [6, 6.07) is 0. The van der Waals surface area contributed by atoms with Crippen molar-refractivity contribution >= 4 is 28.0 Å². The van der Waals surface area contributed by atoms with E-state index in [0.717, 1.165) is 38.5 Å². The van der Waals surface area contributed by atoms with Crippen LogP contribution in [-0.2, 0) is 29.2 Å². The Hall–Kier alpha value is -1.94. The van der Waals surface area contributed by atoms with Gasteiger partial charge in [-0.2, -0.15) is 8.42 Å². The minimum Gasteiger partial charge on any atom is -0.481 e. The minimum atomic E-state index is -4.92. The second kappa shape index (κ2) is 20.3. The molecule has 0 fully saturated rings. The van der Waals surface area contributed by atoms with Gasteiger partial charge in [0.05, 0.1) is 13.0 Å². The third kappa shape index (κ3) is 20.0. The molecule has 1 amide bonds. The van der Waals surface area contributed by atoms with Gasteiger partial charge in [-0.05, 0) is 39.0 Å². The highest BCUT2D eigenvalue weighted by molar-refractivity contribution is 7.87. The number of carboxylic acids is 1. The van der Waals surface area contributed by atoms with Crippen LogP contribution in [0.4, 0.5) is 0 Å². The van der Waals surface area contributed by atoms with Gasteiger partial charge in [-0.15, -0.1) is 0 Å². The van der Waals surface area contributed by atoms with Crippen molar-refractivity contribution in [1.82, 2.24) is 5.32 Å².